The second-order valence-electron chi connectivity index (χ2n) is 10.4. The number of hydrogen-bond donors (Lipinski definition) is 0. The zero-order valence-electron chi connectivity index (χ0n) is 17.6. The molecular formula is C25H30O4. The van der Waals surface area contributed by atoms with Crippen molar-refractivity contribution < 1.29 is 19.0 Å². The van der Waals surface area contributed by atoms with Gasteiger partial charge in [0.2, 0.25) is 0 Å². The smallest absolute Gasteiger partial charge is 0.184 e. The zero-order valence-corrected chi connectivity index (χ0v) is 17.6. The van der Waals surface area contributed by atoms with Gasteiger partial charge in [-0.1, -0.05) is 31.6 Å². The Bertz CT molecular complexity index is 917. The summed E-state index contributed by atoms with van der Waals surface area (Å²) in [6.07, 6.45) is 5.98. The number of ether oxygens (including phenoxy) is 3. The summed E-state index contributed by atoms with van der Waals surface area (Å²) in [6.45, 7) is 5.41. The van der Waals surface area contributed by atoms with E-state index in [1.54, 1.807) is 7.11 Å². The zero-order chi connectivity index (χ0) is 20.0. The van der Waals surface area contributed by atoms with Gasteiger partial charge in [0, 0.05) is 17.4 Å². The minimum absolute atomic E-state index is 0.0915. The number of fused-ring (bicyclic) bond motifs is 3. The highest BCUT2D eigenvalue weighted by Gasteiger charge is 2.77. The van der Waals surface area contributed by atoms with Gasteiger partial charge in [-0.05, 0) is 66.6 Å². The van der Waals surface area contributed by atoms with Crippen molar-refractivity contribution in [2.45, 2.75) is 64.8 Å². The van der Waals surface area contributed by atoms with Crippen LogP contribution in [0.4, 0.5) is 0 Å². The molecule has 3 saturated carbocycles. The van der Waals surface area contributed by atoms with E-state index in [4.69, 9.17) is 14.2 Å². The predicted molar refractivity (Wildman–Crippen MR) is 108 cm³/mol. The molecule has 1 aromatic rings. The van der Waals surface area contributed by atoms with E-state index >= 15 is 0 Å². The highest BCUT2D eigenvalue weighted by Crippen LogP contribution is 2.81. The van der Waals surface area contributed by atoms with Gasteiger partial charge in [-0.15, -0.1) is 0 Å². The van der Waals surface area contributed by atoms with Crippen molar-refractivity contribution in [1.82, 2.24) is 0 Å². The molecule has 1 spiro atoms. The van der Waals surface area contributed by atoms with Gasteiger partial charge in [0.15, 0.2) is 6.29 Å². The Balaban J connectivity index is 1.32. The van der Waals surface area contributed by atoms with E-state index in [0.717, 1.165) is 43.4 Å². The number of Topliss-reactive ketones (excluding diaryl/α,β-unsaturated/α-hetero) is 1. The Morgan fingerprint density at radius 2 is 1.93 bits per heavy atom. The second-order valence-corrected chi connectivity index (χ2v) is 10.4. The van der Waals surface area contributed by atoms with Crippen LogP contribution in [-0.4, -0.2) is 25.6 Å². The molecule has 0 aromatic heterocycles. The summed E-state index contributed by atoms with van der Waals surface area (Å²) in [5.41, 5.74) is 4.17. The molecule has 1 saturated heterocycles. The van der Waals surface area contributed by atoms with Crippen LogP contribution in [0.15, 0.2) is 35.4 Å². The van der Waals surface area contributed by atoms with Gasteiger partial charge >= 0.3 is 0 Å². The molecule has 29 heavy (non-hydrogen) atoms. The summed E-state index contributed by atoms with van der Waals surface area (Å²) in [5.74, 6) is 1.90. The summed E-state index contributed by atoms with van der Waals surface area (Å²) in [4.78, 5) is 13.1. The van der Waals surface area contributed by atoms with Crippen LogP contribution in [0.5, 0.6) is 5.75 Å². The molecule has 0 amide bonds. The monoisotopic (exact) mass is 394 g/mol. The molecule has 5 aliphatic rings. The van der Waals surface area contributed by atoms with Crippen LogP contribution in [0.1, 0.15) is 64.2 Å². The summed E-state index contributed by atoms with van der Waals surface area (Å²) in [6, 6.07) is 7.95. The van der Waals surface area contributed by atoms with Crippen molar-refractivity contribution in [3.63, 3.8) is 0 Å². The second kappa shape index (κ2) is 5.73. The van der Waals surface area contributed by atoms with E-state index in [2.05, 4.69) is 13.8 Å². The fourth-order valence-corrected chi connectivity index (χ4v) is 7.69. The quantitative estimate of drug-likeness (QED) is 0.663. The number of ketones is 1. The molecule has 4 nitrogen and oxygen atoms in total. The molecule has 6 rings (SSSR count). The lowest BCUT2D eigenvalue weighted by Gasteiger charge is -2.59. The van der Waals surface area contributed by atoms with E-state index in [-0.39, 0.29) is 28.6 Å². The van der Waals surface area contributed by atoms with Gasteiger partial charge in [-0.3, -0.25) is 4.79 Å². The van der Waals surface area contributed by atoms with Crippen LogP contribution in [0.2, 0.25) is 0 Å². The maximum Gasteiger partial charge on any atom is 0.184 e. The van der Waals surface area contributed by atoms with Crippen molar-refractivity contribution in [3.8, 4) is 5.75 Å². The summed E-state index contributed by atoms with van der Waals surface area (Å²) >= 11 is 0. The number of carbonyl (C=O) groups is 1. The molecular weight excluding hydrogens is 364 g/mol. The molecule has 0 N–H and O–H groups in total. The minimum atomic E-state index is -0.325. The fourth-order valence-electron chi connectivity index (χ4n) is 7.69. The molecule has 1 heterocycles. The average Bonchev–Trinajstić information content (AvgIpc) is 3.07. The molecule has 6 atom stereocenters. The van der Waals surface area contributed by atoms with Crippen molar-refractivity contribution in [3.05, 3.63) is 41.0 Å². The van der Waals surface area contributed by atoms with Crippen LogP contribution in [0.25, 0.3) is 0 Å². The first-order valence-electron chi connectivity index (χ1n) is 11.1. The summed E-state index contributed by atoms with van der Waals surface area (Å²) in [7, 11) is 1.68. The number of hydrogen-bond acceptors (Lipinski definition) is 4. The molecule has 1 aliphatic heterocycles. The lowest BCUT2D eigenvalue weighted by atomic mass is 9.43. The van der Waals surface area contributed by atoms with Crippen LogP contribution in [0.3, 0.4) is 0 Å². The lowest BCUT2D eigenvalue weighted by Crippen LogP contribution is -2.57. The Hall–Kier alpha value is -1.65. The molecule has 1 aromatic carbocycles. The maximum absolute atomic E-state index is 13.1. The van der Waals surface area contributed by atoms with Crippen molar-refractivity contribution in [2.24, 2.45) is 22.2 Å². The summed E-state index contributed by atoms with van der Waals surface area (Å²) < 4.78 is 17.9. The number of benzene rings is 1. The minimum Gasteiger partial charge on any atom is -0.497 e. The van der Waals surface area contributed by atoms with Gasteiger partial charge in [-0.25, -0.2) is 0 Å². The van der Waals surface area contributed by atoms with Crippen LogP contribution < -0.4 is 4.74 Å². The normalized spacial score (nSPS) is 45.2. The van der Waals surface area contributed by atoms with Crippen molar-refractivity contribution >= 4 is 5.78 Å². The molecule has 4 heteroatoms. The van der Waals surface area contributed by atoms with Crippen LogP contribution >= 0.6 is 0 Å². The average molecular weight is 395 g/mol. The highest BCUT2D eigenvalue weighted by molar-refractivity contribution is 5.91. The number of allylic oxidation sites excluding steroid dienone is 1. The third-order valence-corrected chi connectivity index (χ3v) is 9.41. The third-order valence-electron chi connectivity index (χ3n) is 9.41. The van der Waals surface area contributed by atoms with Crippen molar-refractivity contribution in [2.75, 3.05) is 13.7 Å². The molecule has 0 bridgehead atoms. The lowest BCUT2D eigenvalue weighted by molar-refractivity contribution is -0.199. The van der Waals surface area contributed by atoms with E-state index in [0.29, 0.717) is 18.3 Å². The molecule has 154 valence electrons. The first-order chi connectivity index (χ1) is 13.9. The SMILES string of the molecule is COc1ccc(C2OCC3=C4C[C@]56C(=O)CC[C@@]5(C)C[C@@H]6[C@]4(C)CC[C@@H]3O2)cc1. The van der Waals surface area contributed by atoms with Crippen molar-refractivity contribution in [1.29, 1.82) is 0 Å². The first kappa shape index (κ1) is 18.1. The van der Waals surface area contributed by atoms with Gasteiger partial charge < -0.3 is 14.2 Å². The molecule has 4 fully saturated rings. The summed E-state index contributed by atoms with van der Waals surface area (Å²) in [5, 5.41) is 0. The van der Waals surface area contributed by atoms with E-state index in [9.17, 15) is 4.79 Å². The Morgan fingerprint density at radius 1 is 1.14 bits per heavy atom. The van der Waals surface area contributed by atoms with Crippen LogP contribution in [-0.2, 0) is 14.3 Å². The number of methoxy groups -OCH3 is 1. The Labute approximate surface area is 172 Å². The largest absolute Gasteiger partial charge is 0.497 e. The van der Waals surface area contributed by atoms with Gasteiger partial charge in [0.1, 0.15) is 11.5 Å². The molecule has 1 unspecified atom stereocenters. The van der Waals surface area contributed by atoms with E-state index in [1.807, 2.05) is 24.3 Å². The third kappa shape index (κ3) is 2.10. The molecule has 4 aliphatic carbocycles. The fraction of sp³-hybridized carbons (Fsp3) is 0.640. The Kier molecular flexibility index (Phi) is 3.59. The van der Waals surface area contributed by atoms with Gasteiger partial charge in [0.25, 0.3) is 0 Å². The standard InChI is InChI=1S/C25H30O4/c1-23-10-9-21(26)25(23)12-18-17-14-28-22(15-4-6-16(27-3)7-5-15)29-19(17)8-11-24(18,2)20(25)13-23/h4-7,19-20,22H,8-14H2,1-3H3/t19-,20+,22?,23-,24+,25-/m0/s1. The maximum atomic E-state index is 13.1. The van der Waals surface area contributed by atoms with E-state index in [1.165, 1.54) is 17.6 Å². The van der Waals surface area contributed by atoms with Gasteiger partial charge in [0.05, 0.1) is 19.8 Å². The molecule has 0 radical (unpaired) electrons. The predicted octanol–water partition coefficient (Wildman–Crippen LogP) is 4.99. The van der Waals surface area contributed by atoms with E-state index < -0.39 is 0 Å². The first-order valence-corrected chi connectivity index (χ1v) is 11.1. The van der Waals surface area contributed by atoms with Gasteiger partial charge in [-0.2, -0.15) is 0 Å². The topological polar surface area (TPSA) is 44.8 Å². The van der Waals surface area contributed by atoms with Crippen LogP contribution in [0, 0.1) is 22.2 Å². The number of rotatable bonds is 2. The number of carbonyl (C=O) groups excluding carboxylic acids is 1. The highest BCUT2D eigenvalue weighted by atomic mass is 16.7. The Morgan fingerprint density at radius 3 is 2.66 bits per heavy atom.